The molecule has 1 aliphatic heterocycles. The van der Waals surface area contributed by atoms with Gasteiger partial charge in [-0.3, -0.25) is 0 Å². The molecule has 5 rings (SSSR count). The van der Waals surface area contributed by atoms with Gasteiger partial charge in [0, 0.05) is 34.8 Å². The highest BCUT2D eigenvalue weighted by atomic mass is 35.5. The molecule has 29 heavy (non-hydrogen) atoms. The van der Waals surface area contributed by atoms with E-state index in [-0.39, 0.29) is 12.8 Å². The average Bonchev–Trinajstić information content (AvgIpc) is 3.35. The average molecular weight is 410 g/mol. The summed E-state index contributed by atoms with van der Waals surface area (Å²) >= 11 is 6.34. The molecule has 0 bridgehead atoms. The summed E-state index contributed by atoms with van der Waals surface area (Å²) in [6.07, 6.45) is 6.28. The number of urea groups is 1. The minimum absolute atomic E-state index is 0.155. The number of halogens is 1. The van der Waals surface area contributed by atoms with Crippen LogP contribution in [0, 0.1) is 6.92 Å². The van der Waals surface area contributed by atoms with Crippen LogP contribution < -0.4 is 10.6 Å². The molecule has 7 nitrogen and oxygen atoms in total. The Morgan fingerprint density at radius 1 is 1.28 bits per heavy atom. The Morgan fingerprint density at radius 2 is 2.17 bits per heavy atom. The van der Waals surface area contributed by atoms with Gasteiger partial charge in [-0.2, -0.15) is 5.10 Å². The summed E-state index contributed by atoms with van der Waals surface area (Å²) in [7, 11) is 0. The van der Waals surface area contributed by atoms with Crippen LogP contribution in [0.5, 0.6) is 0 Å². The van der Waals surface area contributed by atoms with Gasteiger partial charge < -0.3 is 15.4 Å². The Labute approximate surface area is 172 Å². The molecule has 0 saturated heterocycles. The van der Waals surface area contributed by atoms with Gasteiger partial charge in [-0.1, -0.05) is 23.7 Å². The highest BCUT2D eigenvalue weighted by Gasteiger charge is 2.41. The summed E-state index contributed by atoms with van der Waals surface area (Å²) in [5.74, 6) is 0.766. The van der Waals surface area contributed by atoms with E-state index in [0.29, 0.717) is 18.4 Å². The lowest BCUT2D eigenvalue weighted by molar-refractivity contribution is 0.146. The molecule has 148 valence electrons. The van der Waals surface area contributed by atoms with Crippen molar-refractivity contribution in [3.8, 4) is 0 Å². The van der Waals surface area contributed by atoms with Crippen molar-refractivity contribution in [2.45, 2.75) is 25.2 Å². The van der Waals surface area contributed by atoms with Crippen molar-refractivity contribution in [1.82, 2.24) is 25.2 Å². The number of fused-ring (bicyclic) bond motifs is 1. The van der Waals surface area contributed by atoms with Crippen LogP contribution in [-0.2, 0) is 4.74 Å². The molecule has 2 aromatic heterocycles. The Bertz CT molecular complexity index is 1140. The quantitative estimate of drug-likeness (QED) is 0.692. The van der Waals surface area contributed by atoms with E-state index in [1.165, 1.54) is 5.56 Å². The Kier molecular flexibility index (Phi) is 4.49. The fraction of sp³-hybridized carbons (Fsp3) is 0.286. The van der Waals surface area contributed by atoms with E-state index in [4.69, 9.17) is 16.3 Å². The molecule has 2 amide bonds. The molecule has 0 radical (unpaired) electrons. The number of imidazole rings is 1. The van der Waals surface area contributed by atoms with Crippen LogP contribution in [0.15, 0.2) is 42.9 Å². The van der Waals surface area contributed by atoms with Crippen LogP contribution in [0.25, 0.3) is 11.2 Å². The number of carbonyl (C=O) groups excluding carboxylic acids is 1. The number of nitrogens with zero attached hydrogens (tertiary/aromatic N) is 3. The summed E-state index contributed by atoms with van der Waals surface area (Å²) in [5.41, 5.74) is 5.92. The van der Waals surface area contributed by atoms with Crippen molar-refractivity contribution in [3.63, 3.8) is 0 Å². The summed E-state index contributed by atoms with van der Waals surface area (Å²) in [5, 5.41) is 10.8. The summed E-state index contributed by atoms with van der Waals surface area (Å²) in [6.45, 7) is 2.52. The lowest BCUT2D eigenvalue weighted by Gasteiger charge is -2.15. The molecule has 1 aliphatic carbocycles. The molecular weight excluding hydrogens is 390 g/mol. The largest absolute Gasteiger partial charge is 0.356 e. The topological polar surface area (TPSA) is 80.5 Å². The number of carbonyl (C=O) groups is 1. The van der Waals surface area contributed by atoms with Crippen molar-refractivity contribution in [1.29, 1.82) is 0 Å². The molecule has 1 fully saturated rings. The third kappa shape index (κ3) is 3.47. The Balaban J connectivity index is 1.51. The molecule has 2 atom stereocenters. The number of hydrogen-bond donors (Lipinski definition) is 2. The first kappa shape index (κ1) is 18.1. The molecule has 3 heterocycles. The number of hydrogen-bond acceptors (Lipinski definition) is 4. The smallest absolute Gasteiger partial charge is 0.320 e. The van der Waals surface area contributed by atoms with Crippen LogP contribution >= 0.6 is 11.6 Å². The van der Waals surface area contributed by atoms with Crippen LogP contribution in [0.2, 0.25) is 5.02 Å². The second kappa shape index (κ2) is 7.17. The number of amides is 2. The zero-order valence-electron chi connectivity index (χ0n) is 15.9. The van der Waals surface area contributed by atoms with Crippen molar-refractivity contribution < 1.29 is 9.53 Å². The minimum atomic E-state index is -0.301. The Hall–Kier alpha value is -2.90. The van der Waals surface area contributed by atoms with E-state index in [0.717, 1.165) is 39.5 Å². The lowest BCUT2D eigenvalue weighted by Crippen LogP contribution is -2.36. The second-order valence-corrected chi connectivity index (χ2v) is 7.86. The predicted molar refractivity (Wildman–Crippen MR) is 110 cm³/mol. The van der Waals surface area contributed by atoms with Gasteiger partial charge >= 0.3 is 6.03 Å². The number of nitrogens with one attached hydrogen (secondary N) is 2. The maximum Gasteiger partial charge on any atom is 0.320 e. The number of aryl methyl sites for hydroxylation is 1. The Morgan fingerprint density at radius 3 is 3.03 bits per heavy atom. The fourth-order valence-electron chi connectivity index (χ4n) is 3.79. The van der Waals surface area contributed by atoms with Gasteiger partial charge in [-0.05, 0) is 48.4 Å². The van der Waals surface area contributed by atoms with Gasteiger partial charge in [-0.15, -0.1) is 0 Å². The summed E-state index contributed by atoms with van der Waals surface area (Å²) < 4.78 is 7.31. The number of rotatable bonds is 3. The molecule has 2 N–H and O–H groups in total. The van der Waals surface area contributed by atoms with Gasteiger partial charge in [0.2, 0.25) is 0 Å². The number of ether oxygens (including phenoxy) is 1. The number of aromatic nitrogens is 3. The maximum absolute atomic E-state index is 11.6. The normalized spacial score (nSPS) is 23.5. The second-order valence-electron chi connectivity index (χ2n) is 7.45. The third-order valence-electron chi connectivity index (χ3n) is 5.50. The minimum Gasteiger partial charge on any atom is -0.356 e. The van der Waals surface area contributed by atoms with E-state index < -0.39 is 0 Å². The first-order valence-corrected chi connectivity index (χ1v) is 9.90. The number of benzene rings is 1. The lowest BCUT2D eigenvalue weighted by atomic mass is 10.0. The van der Waals surface area contributed by atoms with Crippen molar-refractivity contribution in [2.24, 2.45) is 0 Å². The molecule has 1 aromatic carbocycles. The summed E-state index contributed by atoms with van der Waals surface area (Å²) in [6, 6.07) is 8.07. The first-order chi connectivity index (χ1) is 14.1. The SMILES string of the molecule is Cc1ccc([C@H]2C[C@@H]2c2cc(/C3=C/NC(=O)NCOC3)nn3ccnc23)cc1Cl. The van der Waals surface area contributed by atoms with E-state index in [2.05, 4.69) is 45.0 Å². The highest BCUT2D eigenvalue weighted by molar-refractivity contribution is 6.31. The predicted octanol–water partition coefficient (Wildman–Crippen LogP) is 3.59. The van der Waals surface area contributed by atoms with Crippen LogP contribution in [0.4, 0.5) is 4.79 Å². The van der Waals surface area contributed by atoms with E-state index in [9.17, 15) is 4.79 Å². The van der Waals surface area contributed by atoms with Gasteiger partial charge in [0.05, 0.1) is 12.3 Å². The molecule has 0 spiro atoms. The monoisotopic (exact) mass is 409 g/mol. The highest BCUT2D eigenvalue weighted by Crippen LogP contribution is 2.55. The van der Waals surface area contributed by atoms with Crippen molar-refractivity contribution in [3.05, 3.63) is 70.3 Å². The first-order valence-electron chi connectivity index (χ1n) is 9.52. The zero-order valence-corrected chi connectivity index (χ0v) is 16.6. The van der Waals surface area contributed by atoms with E-state index in [1.807, 2.05) is 13.1 Å². The standard InChI is InChI=1S/C21H20ClN5O2/c1-12-2-3-13(6-18(12)22)15-7-16(15)17-8-19(26-27-5-4-23-20(17)27)14-9-24-21(28)25-11-29-10-14/h2-6,8-9,15-16H,7,10-11H2,1H3,(H2,24,25,28)/b14-9+/t15-,16+/m1/s1. The van der Waals surface area contributed by atoms with Crippen molar-refractivity contribution >= 4 is 28.9 Å². The van der Waals surface area contributed by atoms with Crippen LogP contribution in [-0.4, -0.2) is 34.0 Å². The maximum atomic E-state index is 11.6. The molecule has 0 unspecified atom stereocenters. The molecule has 2 aliphatic rings. The van der Waals surface area contributed by atoms with Crippen LogP contribution in [0.1, 0.15) is 40.6 Å². The van der Waals surface area contributed by atoms with E-state index >= 15 is 0 Å². The van der Waals surface area contributed by atoms with Crippen molar-refractivity contribution in [2.75, 3.05) is 13.3 Å². The third-order valence-corrected chi connectivity index (χ3v) is 5.91. The zero-order chi connectivity index (χ0) is 20.0. The molecule has 3 aromatic rings. The summed E-state index contributed by atoms with van der Waals surface area (Å²) in [4.78, 5) is 16.1. The molecule has 1 saturated carbocycles. The van der Waals surface area contributed by atoms with Crippen LogP contribution in [0.3, 0.4) is 0 Å². The van der Waals surface area contributed by atoms with Gasteiger partial charge in [0.25, 0.3) is 0 Å². The van der Waals surface area contributed by atoms with E-state index in [1.54, 1.807) is 16.9 Å². The molecular formula is C21H20ClN5O2. The fourth-order valence-corrected chi connectivity index (χ4v) is 3.98. The van der Waals surface area contributed by atoms with Gasteiger partial charge in [0.1, 0.15) is 6.73 Å². The van der Waals surface area contributed by atoms with Gasteiger partial charge in [-0.25, -0.2) is 14.3 Å². The van der Waals surface area contributed by atoms with Gasteiger partial charge in [0.15, 0.2) is 5.65 Å². The molecule has 8 heteroatoms.